The molecule has 0 aliphatic carbocycles. The number of benzene rings is 1. The van der Waals surface area contributed by atoms with Gasteiger partial charge in [-0.1, -0.05) is 6.07 Å². The Hall–Kier alpha value is -2.91. The molecule has 3 aromatic rings. The van der Waals surface area contributed by atoms with Crippen LogP contribution in [0, 0.1) is 11.3 Å². The van der Waals surface area contributed by atoms with Gasteiger partial charge in [-0.05, 0) is 36.8 Å². The third-order valence-electron chi connectivity index (χ3n) is 3.13. The van der Waals surface area contributed by atoms with Crippen molar-refractivity contribution < 1.29 is 13.9 Å². The normalized spacial score (nSPS) is 11.4. The van der Waals surface area contributed by atoms with Crippen LogP contribution < -0.4 is 0 Å². The quantitative estimate of drug-likeness (QED) is 0.533. The van der Waals surface area contributed by atoms with Crippen LogP contribution in [0.15, 0.2) is 40.3 Å². The molecule has 3 rings (SSSR count). The number of nitriles is 1. The Morgan fingerprint density at radius 1 is 1.48 bits per heavy atom. The fourth-order valence-electron chi connectivity index (χ4n) is 2.08. The lowest BCUT2D eigenvalue weighted by molar-refractivity contribution is 0.0520. The van der Waals surface area contributed by atoms with Gasteiger partial charge in [0.05, 0.1) is 18.4 Å². The number of ether oxygens (including phenoxy) is 1. The molecule has 0 aliphatic heterocycles. The molecule has 0 aliphatic rings. The highest BCUT2D eigenvalue weighted by atomic mass is 32.1. The second-order valence-corrected chi connectivity index (χ2v) is 5.50. The van der Waals surface area contributed by atoms with Crippen LogP contribution in [0.2, 0.25) is 0 Å². The van der Waals surface area contributed by atoms with Crippen molar-refractivity contribution in [1.82, 2.24) is 4.98 Å². The van der Waals surface area contributed by atoms with Gasteiger partial charge in [-0.15, -0.1) is 11.3 Å². The lowest BCUT2D eigenvalue weighted by Crippen LogP contribution is -2.04. The molecule has 0 saturated carbocycles. The van der Waals surface area contributed by atoms with Gasteiger partial charge < -0.3 is 9.15 Å². The first-order valence-corrected chi connectivity index (χ1v) is 7.81. The highest BCUT2D eigenvalue weighted by molar-refractivity contribution is 7.11. The highest BCUT2D eigenvalue weighted by Gasteiger charge is 2.14. The number of furan rings is 1. The first-order valence-electron chi connectivity index (χ1n) is 6.93. The molecule has 23 heavy (non-hydrogen) atoms. The number of hydrogen-bond acceptors (Lipinski definition) is 6. The van der Waals surface area contributed by atoms with E-state index in [0.717, 1.165) is 16.5 Å². The van der Waals surface area contributed by atoms with E-state index in [9.17, 15) is 10.1 Å². The molecule has 0 bridgehead atoms. The molecule has 0 amide bonds. The van der Waals surface area contributed by atoms with Crippen molar-refractivity contribution >= 4 is 39.9 Å². The van der Waals surface area contributed by atoms with E-state index in [2.05, 4.69) is 11.1 Å². The van der Waals surface area contributed by atoms with Gasteiger partial charge in [0.2, 0.25) is 0 Å². The number of carbonyl (C=O) groups excluding carboxylic acids is 1. The van der Waals surface area contributed by atoms with Crippen LogP contribution in [0.5, 0.6) is 0 Å². The average molecular weight is 324 g/mol. The fraction of sp³-hybridized carbons (Fsp3) is 0.118. The largest absolute Gasteiger partial charge is 0.464 e. The number of esters is 1. The number of allylic oxidation sites excluding steroid dienone is 1. The van der Waals surface area contributed by atoms with Gasteiger partial charge in [-0.3, -0.25) is 0 Å². The van der Waals surface area contributed by atoms with Crippen LogP contribution in [0.4, 0.5) is 0 Å². The maximum atomic E-state index is 11.7. The number of aromatic nitrogens is 1. The lowest BCUT2D eigenvalue weighted by atomic mass is 10.1. The van der Waals surface area contributed by atoms with Crippen molar-refractivity contribution in [2.75, 3.05) is 6.61 Å². The van der Waals surface area contributed by atoms with Crippen molar-refractivity contribution in [3.05, 3.63) is 52.2 Å². The SMILES string of the molecule is CCOC(=O)c1csc(/C(C#N)=C\c2ccc3occc3c2)n1. The Morgan fingerprint density at radius 3 is 3.13 bits per heavy atom. The van der Waals surface area contributed by atoms with Crippen LogP contribution in [0.25, 0.3) is 22.6 Å². The van der Waals surface area contributed by atoms with Crippen LogP contribution in [0.3, 0.4) is 0 Å². The van der Waals surface area contributed by atoms with Gasteiger partial charge in [0.25, 0.3) is 0 Å². The van der Waals surface area contributed by atoms with Crippen LogP contribution >= 0.6 is 11.3 Å². The molecule has 0 saturated heterocycles. The molecule has 2 heterocycles. The Kier molecular flexibility index (Phi) is 4.22. The van der Waals surface area contributed by atoms with Crippen molar-refractivity contribution in [3.63, 3.8) is 0 Å². The van der Waals surface area contributed by atoms with E-state index in [1.807, 2.05) is 24.3 Å². The predicted molar refractivity (Wildman–Crippen MR) is 87.8 cm³/mol. The minimum absolute atomic E-state index is 0.221. The summed E-state index contributed by atoms with van der Waals surface area (Å²) < 4.78 is 10.2. The third-order valence-corrected chi connectivity index (χ3v) is 4.00. The summed E-state index contributed by atoms with van der Waals surface area (Å²) in [5.74, 6) is -0.480. The smallest absolute Gasteiger partial charge is 0.357 e. The first kappa shape index (κ1) is 15.0. The number of rotatable bonds is 4. The van der Waals surface area contributed by atoms with Gasteiger partial charge in [0.15, 0.2) is 5.69 Å². The minimum atomic E-state index is -0.480. The Bertz CT molecular complexity index is 931. The second-order valence-electron chi connectivity index (χ2n) is 4.65. The number of thiazole rings is 1. The summed E-state index contributed by atoms with van der Waals surface area (Å²) >= 11 is 1.24. The molecule has 1 aromatic carbocycles. The molecule has 0 fully saturated rings. The van der Waals surface area contributed by atoms with E-state index in [0.29, 0.717) is 10.6 Å². The van der Waals surface area contributed by atoms with E-state index < -0.39 is 5.97 Å². The zero-order chi connectivity index (χ0) is 16.2. The predicted octanol–water partition coefficient (Wildman–Crippen LogP) is 4.13. The first-order chi connectivity index (χ1) is 11.2. The third kappa shape index (κ3) is 3.15. The summed E-state index contributed by atoms with van der Waals surface area (Å²) in [4.78, 5) is 15.8. The van der Waals surface area contributed by atoms with Gasteiger partial charge in [0.1, 0.15) is 16.7 Å². The molecular weight excluding hydrogens is 312 g/mol. The summed E-state index contributed by atoms with van der Waals surface area (Å²) in [6.45, 7) is 2.02. The van der Waals surface area contributed by atoms with Crippen LogP contribution in [-0.4, -0.2) is 17.6 Å². The van der Waals surface area contributed by atoms with Crippen LogP contribution in [0.1, 0.15) is 28.0 Å². The summed E-state index contributed by atoms with van der Waals surface area (Å²) in [6, 6.07) is 9.63. The zero-order valence-corrected chi connectivity index (χ0v) is 13.1. The molecule has 114 valence electrons. The molecule has 0 atom stereocenters. The molecule has 2 aromatic heterocycles. The summed E-state index contributed by atoms with van der Waals surface area (Å²) in [6.07, 6.45) is 3.36. The highest BCUT2D eigenvalue weighted by Crippen LogP contribution is 2.24. The van der Waals surface area contributed by atoms with E-state index in [4.69, 9.17) is 9.15 Å². The molecule has 0 radical (unpaired) electrons. The van der Waals surface area contributed by atoms with E-state index >= 15 is 0 Å². The Morgan fingerprint density at radius 2 is 2.35 bits per heavy atom. The number of nitrogens with zero attached hydrogens (tertiary/aromatic N) is 2. The van der Waals surface area contributed by atoms with Gasteiger partial charge in [-0.2, -0.15) is 5.26 Å². The average Bonchev–Trinajstić information content (AvgIpc) is 3.21. The maximum Gasteiger partial charge on any atom is 0.357 e. The lowest BCUT2D eigenvalue weighted by Gasteiger charge is -1.97. The van der Waals surface area contributed by atoms with E-state index in [1.54, 1.807) is 24.6 Å². The molecular formula is C17H12N2O3S. The van der Waals surface area contributed by atoms with Crippen molar-refractivity contribution in [3.8, 4) is 6.07 Å². The van der Waals surface area contributed by atoms with Gasteiger partial charge >= 0.3 is 5.97 Å². The number of hydrogen-bond donors (Lipinski definition) is 0. The fourth-order valence-corrected chi connectivity index (χ4v) is 2.83. The maximum absolute atomic E-state index is 11.7. The second kappa shape index (κ2) is 6.46. The zero-order valence-electron chi connectivity index (χ0n) is 12.3. The monoisotopic (exact) mass is 324 g/mol. The Labute approximate surface area is 136 Å². The van der Waals surface area contributed by atoms with Crippen LogP contribution in [-0.2, 0) is 4.74 Å². The topological polar surface area (TPSA) is 76.1 Å². The summed E-state index contributed by atoms with van der Waals surface area (Å²) in [5.41, 5.74) is 2.27. The molecule has 6 heteroatoms. The molecule has 0 spiro atoms. The molecule has 0 N–H and O–H groups in total. The number of carbonyl (C=O) groups is 1. The van der Waals surface area contributed by atoms with Gasteiger partial charge in [-0.25, -0.2) is 9.78 Å². The molecule has 5 nitrogen and oxygen atoms in total. The number of fused-ring (bicyclic) bond motifs is 1. The van der Waals surface area contributed by atoms with E-state index in [1.165, 1.54) is 11.3 Å². The van der Waals surface area contributed by atoms with E-state index in [-0.39, 0.29) is 12.3 Å². The summed E-state index contributed by atoms with van der Waals surface area (Å²) in [5, 5.41) is 12.4. The van der Waals surface area contributed by atoms with Crippen molar-refractivity contribution in [2.24, 2.45) is 0 Å². The molecule has 0 unspecified atom stereocenters. The standard InChI is InChI=1S/C17H12N2O3S/c1-2-21-17(20)14-10-23-16(19-14)13(9-18)8-11-3-4-15-12(7-11)5-6-22-15/h3-8,10H,2H2,1H3/b13-8-. The van der Waals surface area contributed by atoms with Crippen molar-refractivity contribution in [2.45, 2.75) is 6.92 Å². The van der Waals surface area contributed by atoms with Crippen molar-refractivity contribution in [1.29, 1.82) is 5.26 Å². The summed E-state index contributed by atoms with van der Waals surface area (Å²) in [7, 11) is 0. The Balaban J connectivity index is 1.92. The van der Waals surface area contributed by atoms with Gasteiger partial charge in [0, 0.05) is 10.8 Å². The minimum Gasteiger partial charge on any atom is -0.464 e.